The van der Waals surface area contributed by atoms with Crippen molar-refractivity contribution in [3.05, 3.63) is 65.0 Å². The number of aliphatic imine (C=N–C) groups is 1. The van der Waals surface area contributed by atoms with E-state index in [1.54, 1.807) is 24.4 Å². The van der Waals surface area contributed by atoms with Crippen molar-refractivity contribution in [1.82, 2.24) is 0 Å². The van der Waals surface area contributed by atoms with Gasteiger partial charge in [0.1, 0.15) is 5.82 Å². The average molecular weight is 378 g/mol. The van der Waals surface area contributed by atoms with E-state index in [0.717, 1.165) is 0 Å². The molecule has 136 valence electrons. The molecule has 7 heteroatoms. The van der Waals surface area contributed by atoms with E-state index in [1.165, 1.54) is 25.3 Å². The standard InChI is InChI=1S/C19H17ClFNO4/c1-3-4-13-7-12(8-17(25-2)19(13)26-11-18(23)24)10-22-14-5-6-16(21)15(20)9-14/h3,5-10H,1,4,11H2,2H3,(H,23,24). The number of allylic oxidation sites excluding steroid dienone is 1. The summed E-state index contributed by atoms with van der Waals surface area (Å²) < 4.78 is 23.9. The summed E-state index contributed by atoms with van der Waals surface area (Å²) in [5, 5.41) is 8.81. The van der Waals surface area contributed by atoms with E-state index in [-0.39, 0.29) is 5.02 Å². The molecule has 0 spiro atoms. The van der Waals surface area contributed by atoms with Crippen molar-refractivity contribution in [2.24, 2.45) is 4.99 Å². The molecular weight excluding hydrogens is 361 g/mol. The van der Waals surface area contributed by atoms with Crippen molar-refractivity contribution in [1.29, 1.82) is 0 Å². The molecule has 0 unspecified atom stereocenters. The van der Waals surface area contributed by atoms with Gasteiger partial charge in [0.25, 0.3) is 0 Å². The molecule has 0 aliphatic carbocycles. The van der Waals surface area contributed by atoms with Crippen LogP contribution in [-0.2, 0) is 11.2 Å². The zero-order valence-electron chi connectivity index (χ0n) is 14.0. The fraction of sp³-hybridized carbons (Fsp3) is 0.158. The van der Waals surface area contributed by atoms with Crippen LogP contribution in [0, 0.1) is 5.82 Å². The number of benzene rings is 2. The molecule has 0 aliphatic heterocycles. The maximum absolute atomic E-state index is 13.2. The Labute approximate surface area is 155 Å². The van der Waals surface area contributed by atoms with Gasteiger partial charge in [-0.15, -0.1) is 6.58 Å². The van der Waals surface area contributed by atoms with Crippen LogP contribution in [0.5, 0.6) is 11.5 Å². The Balaban J connectivity index is 2.37. The predicted molar refractivity (Wildman–Crippen MR) is 98.7 cm³/mol. The molecule has 2 aromatic rings. The van der Waals surface area contributed by atoms with Crippen LogP contribution in [0.3, 0.4) is 0 Å². The molecule has 0 aromatic heterocycles. The lowest BCUT2D eigenvalue weighted by Gasteiger charge is -2.14. The minimum Gasteiger partial charge on any atom is -0.493 e. The number of hydrogen-bond donors (Lipinski definition) is 1. The van der Waals surface area contributed by atoms with Gasteiger partial charge in [0, 0.05) is 11.8 Å². The van der Waals surface area contributed by atoms with E-state index >= 15 is 0 Å². The SMILES string of the molecule is C=CCc1cc(C=Nc2ccc(F)c(Cl)c2)cc(OC)c1OCC(=O)O. The number of carboxylic acid groups (broad SMARTS) is 1. The summed E-state index contributed by atoms with van der Waals surface area (Å²) in [6.45, 7) is 3.21. The first-order valence-corrected chi connectivity index (χ1v) is 7.98. The fourth-order valence-corrected chi connectivity index (χ4v) is 2.40. The molecule has 0 fully saturated rings. The smallest absolute Gasteiger partial charge is 0.341 e. The second-order valence-electron chi connectivity index (χ2n) is 5.24. The van der Waals surface area contributed by atoms with E-state index in [9.17, 15) is 9.18 Å². The summed E-state index contributed by atoms with van der Waals surface area (Å²) in [6.07, 6.45) is 3.69. The van der Waals surface area contributed by atoms with Gasteiger partial charge < -0.3 is 14.6 Å². The Morgan fingerprint density at radius 3 is 2.77 bits per heavy atom. The molecule has 0 saturated heterocycles. The van der Waals surface area contributed by atoms with Crippen molar-refractivity contribution in [2.45, 2.75) is 6.42 Å². The number of halogens is 2. The first-order valence-electron chi connectivity index (χ1n) is 7.60. The molecule has 26 heavy (non-hydrogen) atoms. The van der Waals surface area contributed by atoms with Crippen LogP contribution in [0.1, 0.15) is 11.1 Å². The maximum atomic E-state index is 13.2. The number of methoxy groups -OCH3 is 1. The number of aliphatic carboxylic acids is 1. The summed E-state index contributed by atoms with van der Waals surface area (Å²) in [5.74, 6) is -0.878. The van der Waals surface area contributed by atoms with Crippen molar-refractivity contribution in [2.75, 3.05) is 13.7 Å². The summed E-state index contributed by atoms with van der Waals surface area (Å²) in [4.78, 5) is 15.0. The van der Waals surface area contributed by atoms with Gasteiger partial charge in [-0.1, -0.05) is 17.7 Å². The molecule has 5 nitrogen and oxygen atoms in total. The minimum atomic E-state index is -1.09. The third kappa shape index (κ3) is 5.07. The van der Waals surface area contributed by atoms with Crippen molar-refractivity contribution >= 4 is 29.5 Å². The molecule has 0 aliphatic rings. The summed E-state index contributed by atoms with van der Waals surface area (Å²) in [6, 6.07) is 7.61. The van der Waals surface area contributed by atoms with Crippen LogP contribution in [-0.4, -0.2) is 31.0 Å². The van der Waals surface area contributed by atoms with Crippen LogP contribution in [0.15, 0.2) is 48.0 Å². The molecule has 1 N–H and O–H groups in total. The lowest BCUT2D eigenvalue weighted by molar-refractivity contribution is -0.139. The summed E-state index contributed by atoms with van der Waals surface area (Å²) in [7, 11) is 1.46. The Morgan fingerprint density at radius 2 is 2.15 bits per heavy atom. The van der Waals surface area contributed by atoms with E-state index in [1.807, 2.05) is 0 Å². The second kappa shape index (κ2) is 9.01. The van der Waals surface area contributed by atoms with Gasteiger partial charge in [-0.25, -0.2) is 9.18 Å². The molecule has 2 rings (SSSR count). The van der Waals surface area contributed by atoms with E-state index in [4.69, 9.17) is 26.2 Å². The van der Waals surface area contributed by atoms with Crippen molar-refractivity contribution in [3.63, 3.8) is 0 Å². The zero-order chi connectivity index (χ0) is 19.1. The summed E-state index contributed by atoms with van der Waals surface area (Å²) >= 11 is 5.75. The maximum Gasteiger partial charge on any atom is 0.341 e. The number of rotatable bonds is 8. The van der Waals surface area contributed by atoms with E-state index in [0.29, 0.717) is 34.7 Å². The van der Waals surface area contributed by atoms with Gasteiger partial charge in [0.05, 0.1) is 17.8 Å². The molecule has 0 radical (unpaired) electrons. The lowest BCUT2D eigenvalue weighted by atomic mass is 10.1. The van der Waals surface area contributed by atoms with Gasteiger partial charge in [0.15, 0.2) is 18.1 Å². The van der Waals surface area contributed by atoms with Crippen molar-refractivity contribution in [3.8, 4) is 11.5 Å². The molecule has 0 saturated carbocycles. The van der Waals surface area contributed by atoms with Gasteiger partial charge in [-0.05, 0) is 42.3 Å². The van der Waals surface area contributed by atoms with Crippen LogP contribution in [0.25, 0.3) is 0 Å². The van der Waals surface area contributed by atoms with Crippen LogP contribution >= 0.6 is 11.6 Å². The average Bonchev–Trinajstić information content (AvgIpc) is 2.61. The van der Waals surface area contributed by atoms with E-state index < -0.39 is 18.4 Å². The number of nitrogens with zero attached hydrogens (tertiary/aromatic N) is 1. The Morgan fingerprint density at radius 1 is 1.38 bits per heavy atom. The molecule has 2 aromatic carbocycles. The third-order valence-corrected chi connectivity index (χ3v) is 3.63. The Bertz CT molecular complexity index is 852. The van der Waals surface area contributed by atoms with Gasteiger partial charge in [-0.3, -0.25) is 4.99 Å². The minimum absolute atomic E-state index is 0.0120. The highest BCUT2D eigenvalue weighted by Crippen LogP contribution is 2.33. The van der Waals surface area contributed by atoms with Gasteiger partial charge in [0.2, 0.25) is 0 Å². The largest absolute Gasteiger partial charge is 0.493 e. The first kappa shape index (κ1) is 19.5. The monoisotopic (exact) mass is 377 g/mol. The highest BCUT2D eigenvalue weighted by molar-refractivity contribution is 6.31. The third-order valence-electron chi connectivity index (χ3n) is 3.34. The molecule has 0 amide bonds. The number of ether oxygens (including phenoxy) is 2. The molecule has 0 heterocycles. The normalized spacial score (nSPS) is 10.7. The van der Waals surface area contributed by atoms with Gasteiger partial charge >= 0.3 is 5.97 Å². The second-order valence-corrected chi connectivity index (χ2v) is 5.65. The molecule has 0 atom stereocenters. The summed E-state index contributed by atoms with van der Waals surface area (Å²) in [5.41, 5.74) is 1.90. The highest BCUT2D eigenvalue weighted by atomic mass is 35.5. The molecule has 0 bridgehead atoms. The number of carboxylic acids is 1. The van der Waals surface area contributed by atoms with Crippen LogP contribution < -0.4 is 9.47 Å². The topological polar surface area (TPSA) is 68.1 Å². The van der Waals surface area contributed by atoms with Crippen molar-refractivity contribution < 1.29 is 23.8 Å². The van der Waals surface area contributed by atoms with Crippen LogP contribution in [0.4, 0.5) is 10.1 Å². The van der Waals surface area contributed by atoms with Crippen LogP contribution in [0.2, 0.25) is 5.02 Å². The zero-order valence-corrected chi connectivity index (χ0v) is 14.8. The first-order chi connectivity index (χ1) is 12.4. The number of hydrogen-bond acceptors (Lipinski definition) is 4. The highest BCUT2D eigenvalue weighted by Gasteiger charge is 2.13. The number of carbonyl (C=O) groups is 1. The lowest BCUT2D eigenvalue weighted by Crippen LogP contribution is -2.11. The Kier molecular flexibility index (Phi) is 6.74. The van der Waals surface area contributed by atoms with E-state index in [2.05, 4.69) is 11.6 Å². The fourth-order valence-electron chi connectivity index (χ4n) is 2.23. The molecular formula is C19H17ClFNO4. The quantitative estimate of drug-likeness (QED) is 0.545. The van der Waals surface area contributed by atoms with Gasteiger partial charge in [-0.2, -0.15) is 0 Å². The predicted octanol–water partition coefficient (Wildman–Crippen LogP) is 4.43. The Hall–Kier alpha value is -2.86.